The Morgan fingerprint density at radius 2 is 1.69 bits per heavy atom. The van der Waals surface area contributed by atoms with E-state index in [2.05, 4.69) is 4.74 Å². The first-order valence-electron chi connectivity index (χ1n) is 9.70. The molecule has 0 aliphatic heterocycles. The third kappa shape index (κ3) is 6.03. The van der Waals surface area contributed by atoms with Crippen LogP contribution >= 0.6 is 0 Å². The lowest BCUT2D eigenvalue weighted by atomic mass is 10.1. The van der Waals surface area contributed by atoms with Gasteiger partial charge in [-0.3, -0.25) is 4.31 Å². The van der Waals surface area contributed by atoms with Gasteiger partial charge in [-0.15, -0.1) is 0 Å². The summed E-state index contributed by atoms with van der Waals surface area (Å²) in [7, 11) is -2.88. The van der Waals surface area contributed by atoms with Gasteiger partial charge in [0.05, 0.1) is 23.3 Å². The quantitative estimate of drug-likeness (QED) is 0.585. The van der Waals surface area contributed by atoms with Crippen molar-refractivity contribution in [3.8, 4) is 0 Å². The zero-order chi connectivity index (χ0) is 22.2. The van der Waals surface area contributed by atoms with Crippen LogP contribution in [0.15, 0.2) is 47.4 Å². The maximum absolute atomic E-state index is 13.9. The van der Waals surface area contributed by atoms with Gasteiger partial charge in [0, 0.05) is 6.54 Å². The summed E-state index contributed by atoms with van der Waals surface area (Å²) in [5, 5.41) is 0. The molecule has 29 heavy (non-hydrogen) atoms. The van der Waals surface area contributed by atoms with Crippen molar-refractivity contribution in [1.82, 2.24) is 0 Å². The number of aryl methyl sites for hydroxylation is 1. The molecule has 0 amide bonds. The Bertz CT molecular complexity index is 909. The zero-order valence-electron chi connectivity index (χ0n) is 17.9. The molecule has 0 aliphatic carbocycles. The molecule has 2 aromatic carbocycles. The minimum Gasteiger partial charge on any atom is -0.465 e. The summed E-state index contributed by atoms with van der Waals surface area (Å²) in [6.07, 6.45) is 0.845. The van der Waals surface area contributed by atoms with E-state index in [9.17, 15) is 17.6 Å². The van der Waals surface area contributed by atoms with Crippen LogP contribution in [0, 0.1) is 11.7 Å². The number of hydrogen-bond acceptors (Lipinski definition) is 4. The van der Waals surface area contributed by atoms with E-state index >= 15 is 0 Å². The number of ether oxygens (including phenoxy) is 1. The maximum atomic E-state index is 13.9. The molecule has 0 aromatic heterocycles. The van der Waals surface area contributed by atoms with Gasteiger partial charge in [0.2, 0.25) is 0 Å². The van der Waals surface area contributed by atoms with Gasteiger partial charge in [0.1, 0.15) is 5.82 Å². The molecule has 0 unspecified atom stereocenters. The normalized spacial score (nSPS) is 10.9. The Morgan fingerprint density at radius 3 is 2.17 bits per heavy atom. The van der Waals surface area contributed by atoms with Crippen molar-refractivity contribution in [3.63, 3.8) is 0 Å². The van der Waals surface area contributed by atoms with Crippen LogP contribution in [0.2, 0.25) is 0 Å². The molecule has 0 saturated carbocycles. The highest BCUT2D eigenvalue weighted by atomic mass is 32.2. The predicted octanol–water partition coefficient (Wildman–Crippen LogP) is 5.05. The van der Waals surface area contributed by atoms with Gasteiger partial charge in [-0.1, -0.05) is 46.8 Å². The molecular weight excluding hydrogens is 393 g/mol. The van der Waals surface area contributed by atoms with Crippen molar-refractivity contribution in [1.29, 1.82) is 0 Å². The second-order valence-electron chi connectivity index (χ2n) is 6.58. The summed E-state index contributed by atoms with van der Waals surface area (Å²) in [4.78, 5) is 11.6. The number of sulfonamides is 1. The highest BCUT2D eigenvalue weighted by molar-refractivity contribution is 7.92. The Balaban J connectivity index is 0.00000204. The van der Waals surface area contributed by atoms with E-state index < -0.39 is 27.4 Å². The van der Waals surface area contributed by atoms with Gasteiger partial charge in [0.25, 0.3) is 10.0 Å². The van der Waals surface area contributed by atoms with Crippen LogP contribution in [0.1, 0.15) is 50.5 Å². The summed E-state index contributed by atoms with van der Waals surface area (Å²) in [6.45, 7) is 10.1. The minimum absolute atomic E-state index is 0.0613. The Morgan fingerprint density at radius 1 is 1.10 bits per heavy atom. The third-order valence-corrected chi connectivity index (χ3v) is 5.88. The zero-order valence-corrected chi connectivity index (χ0v) is 18.7. The number of methoxy groups -OCH3 is 1. The molecule has 0 radical (unpaired) electrons. The fraction of sp³-hybridized carbons (Fsp3) is 0.409. The lowest BCUT2D eigenvalue weighted by molar-refractivity contribution is 0.0595. The number of carbonyl (C=O) groups is 1. The molecule has 0 bridgehead atoms. The number of carbonyl (C=O) groups excluding carboxylic acids is 1. The Kier molecular flexibility index (Phi) is 9.30. The Labute approximate surface area is 173 Å². The first kappa shape index (κ1) is 24.6. The van der Waals surface area contributed by atoms with Crippen LogP contribution in [0.3, 0.4) is 0 Å². The number of benzene rings is 2. The standard InChI is InChI=1S/C20H24FNO4S.C2H6/c1-5-15-6-8-16(9-7-15)22(13-14(2)3)27(24,25)17-10-11-19(21)18(12-17)20(23)26-4;1-2/h6-12,14H,5,13H2,1-4H3;1-2H3. The average Bonchev–Trinajstić information content (AvgIpc) is 2.73. The van der Waals surface area contributed by atoms with Crippen molar-refractivity contribution in [2.45, 2.75) is 45.9 Å². The summed E-state index contributed by atoms with van der Waals surface area (Å²) >= 11 is 0. The van der Waals surface area contributed by atoms with Gasteiger partial charge < -0.3 is 4.74 Å². The maximum Gasteiger partial charge on any atom is 0.340 e. The van der Waals surface area contributed by atoms with Gasteiger partial charge in [0.15, 0.2) is 0 Å². The lowest BCUT2D eigenvalue weighted by Gasteiger charge is -2.26. The van der Waals surface area contributed by atoms with E-state index in [-0.39, 0.29) is 17.4 Å². The fourth-order valence-corrected chi connectivity index (χ4v) is 4.29. The number of esters is 1. The highest BCUT2D eigenvalue weighted by Gasteiger charge is 2.27. The van der Waals surface area contributed by atoms with E-state index in [0.717, 1.165) is 37.3 Å². The van der Waals surface area contributed by atoms with Gasteiger partial charge in [-0.2, -0.15) is 0 Å². The van der Waals surface area contributed by atoms with Crippen LogP contribution in [0.25, 0.3) is 0 Å². The van der Waals surface area contributed by atoms with Crippen LogP contribution < -0.4 is 4.31 Å². The molecular formula is C22H30FNO4S. The van der Waals surface area contributed by atoms with Crippen molar-refractivity contribution in [2.24, 2.45) is 5.92 Å². The van der Waals surface area contributed by atoms with E-state index in [1.165, 1.54) is 4.31 Å². The minimum atomic E-state index is -3.99. The first-order chi connectivity index (χ1) is 13.7. The van der Waals surface area contributed by atoms with Crippen molar-refractivity contribution in [3.05, 3.63) is 59.4 Å². The summed E-state index contributed by atoms with van der Waals surface area (Å²) in [5.41, 5.74) is 1.20. The van der Waals surface area contributed by atoms with Crippen LogP contribution in [0.5, 0.6) is 0 Å². The van der Waals surface area contributed by atoms with Crippen molar-refractivity contribution >= 4 is 21.7 Å². The number of rotatable bonds is 7. The van der Waals surface area contributed by atoms with Crippen LogP contribution in [-0.4, -0.2) is 28.0 Å². The molecule has 160 valence electrons. The first-order valence-corrected chi connectivity index (χ1v) is 11.1. The SMILES string of the molecule is CC.CCc1ccc(N(CC(C)C)S(=O)(=O)c2ccc(F)c(C(=O)OC)c2)cc1. The second kappa shape index (κ2) is 11.0. The molecule has 7 heteroatoms. The summed E-state index contributed by atoms with van der Waals surface area (Å²) in [5.74, 6) is -1.69. The molecule has 0 N–H and O–H groups in total. The van der Waals surface area contributed by atoms with E-state index in [0.29, 0.717) is 5.69 Å². The molecule has 0 aliphatic rings. The monoisotopic (exact) mass is 423 g/mol. The smallest absolute Gasteiger partial charge is 0.340 e. The van der Waals surface area contributed by atoms with Gasteiger partial charge in [-0.25, -0.2) is 17.6 Å². The molecule has 2 aromatic rings. The fourth-order valence-electron chi connectivity index (χ4n) is 2.63. The molecule has 2 rings (SSSR count). The van der Waals surface area contributed by atoms with E-state index in [1.807, 2.05) is 46.8 Å². The predicted molar refractivity (Wildman–Crippen MR) is 114 cm³/mol. The van der Waals surface area contributed by atoms with Gasteiger partial charge in [-0.05, 0) is 48.2 Å². The Hall–Kier alpha value is -2.41. The number of halogens is 1. The second-order valence-corrected chi connectivity index (χ2v) is 8.45. The third-order valence-electron chi connectivity index (χ3n) is 4.09. The topological polar surface area (TPSA) is 63.7 Å². The summed E-state index contributed by atoms with van der Waals surface area (Å²) in [6, 6.07) is 10.4. The van der Waals surface area contributed by atoms with E-state index in [4.69, 9.17) is 0 Å². The van der Waals surface area contributed by atoms with Gasteiger partial charge >= 0.3 is 5.97 Å². The van der Waals surface area contributed by atoms with Crippen molar-refractivity contribution < 1.29 is 22.3 Å². The molecule has 0 fully saturated rings. The lowest BCUT2D eigenvalue weighted by Crippen LogP contribution is -2.34. The number of anilines is 1. The molecule has 0 saturated heterocycles. The molecule has 0 heterocycles. The van der Waals surface area contributed by atoms with Crippen LogP contribution in [0.4, 0.5) is 10.1 Å². The molecule has 0 spiro atoms. The number of hydrogen-bond donors (Lipinski definition) is 0. The molecule has 0 atom stereocenters. The highest BCUT2D eigenvalue weighted by Crippen LogP contribution is 2.27. The van der Waals surface area contributed by atoms with Crippen LogP contribution in [-0.2, 0) is 21.2 Å². The average molecular weight is 424 g/mol. The van der Waals surface area contributed by atoms with Crippen molar-refractivity contribution in [2.75, 3.05) is 18.0 Å². The van der Waals surface area contributed by atoms with E-state index in [1.54, 1.807) is 12.1 Å². The molecule has 5 nitrogen and oxygen atoms in total. The summed E-state index contributed by atoms with van der Waals surface area (Å²) < 4.78 is 46.2. The number of nitrogens with zero attached hydrogens (tertiary/aromatic N) is 1. The largest absolute Gasteiger partial charge is 0.465 e.